The van der Waals surface area contributed by atoms with Gasteiger partial charge in [-0.3, -0.25) is 4.79 Å². The minimum atomic E-state index is -1.78. The number of aliphatic hydroxyl groups is 8. The first kappa shape index (κ1) is 46.9. The van der Waals surface area contributed by atoms with Gasteiger partial charge in [-0.25, -0.2) is 0 Å². The highest BCUT2D eigenvalue weighted by Crippen LogP contribution is 2.29. The predicted octanol–water partition coefficient (Wildman–Crippen LogP) is 2.09. The Morgan fingerprint density at radius 3 is 1.77 bits per heavy atom. The first-order chi connectivity index (χ1) is 25.1. The first-order valence-corrected chi connectivity index (χ1v) is 19.9. The minimum absolute atomic E-state index is 0.255. The molecule has 0 aromatic carbocycles. The molecule has 2 aliphatic rings. The van der Waals surface area contributed by atoms with Crippen LogP contribution >= 0.6 is 0 Å². The lowest BCUT2D eigenvalue weighted by molar-refractivity contribution is -0.359. The molecule has 0 aromatic heterocycles. The second-order valence-corrected chi connectivity index (χ2v) is 14.4. The van der Waals surface area contributed by atoms with Crippen LogP contribution in [0.4, 0.5) is 0 Å². The van der Waals surface area contributed by atoms with Crippen LogP contribution in [0.25, 0.3) is 0 Å². The summed E-state index contributed by atoms with van der Waals surface area (Å²) in [5.41, 5.74) is 0. The monoisotopic (exact) mass is 749 g/mol. The highest BCUT2D eigenvalue weighted by atomic mass is 16.7. The van der Waals surface area contributed by atoms with E-state index >= 15 is 0 Å². The number of hydrogen-bond acceptors (Lipinski definition) is 13. The van der Waals surface area contributed by atoms with Crippen LogP contribution in [0.5, 0.6) is 0 Å². The highest BCUT2D eigenvalue weighted by molar-refractivity contribution is 5.76. The van der Waals surface area contributed by atoms with Crippen molar-refractivity contribution in [2.75, 3.05) is 19.8 Å². The van der Waals surface area contributed by atoms with Gasteiger partial charge in [0.2, 0.25) is 5.91 Å². The van der Waals surface area contributed by atoms with Crippen molar-refractivity contribution in [3.63, 3.8) is 0 Å². The standard InChI is InChI=1S/C38H71NO13/c1-3-5-7-9-10-11-12-13-14-15-16-18-19-21-27(42)26(39-30(43)22-20-17-8-6-4-2)25-49-37-35(48)33(46)36(29(24-41)51-37)52-38-34(47)32(45)31(44)28(23-40)50-38/h19,21,26-29,31-38,40-42,44-48H,3-18,20,22-25H2,1-2H3,(H,39,43)/b21-19+/t26-,27+,28+,29+,31-,32?,33?,34?,35?,36+,37+,38-/m0/s1. The third kappa shape index (κ3) is 16.6. The third-order valence-corrected chi connectivity index (χ3v) is 9.97. The molecule has 1 amide bonds. The normalized spacial score (nSPS) is 30.8. The van der Waals surface area contributed by atoms with E-state index < -0.39 is 86.8 Å². The van der Waals surface area contributed by atoms with Crippen LogP contribution in [0.15, 0.2) is 12.2 Å². The van der Waals surface area contributed by atoms with Gasteiger partial charge in [-0.2, -0.15) is 0 Å². The molecule has 14 nitrogen and oxygen atoms in total. The predicted molar refractivity (Wildman–Crippen MR) is 194 cm³/mol. The van der Waals surface area contributed by atoms with E-state index in [2.05, 4.69) is 19.2 Å². The van der Waals surface area contributed by atoms with Crippen molar-refractivity contribution in [2.45, 2.75) is 203 Å². The number of nitrogens with one attached hydrogen (secondary N) is 1. The fourth-order valence-corrected chi connectivity index (χ4v) is 6.58. The average molecular weight is 750 g/mol. The molecule has 2 fully saturated rings. The fraction of sp³-hybridized carbons (Fsp3) is 0.921. The fourth-order valence-electron chi connectivity index (χ4n) is 6.58. The van der Waals surface area contributed by atoms with Crippen molar-refractivity contribution < 1.29 is 64.6 Å². The Labute approximate surface area is 310 Å². The summed E-state index contributed by atoms with van der Waals surface area (Å²) in [4.78, 5) is 12.8. The molecule has 4 unspecified atom stereocenters. The van der Waals surface area contributed by atoms with Gasteiger partial charge in [0.25, 0.3) is 0 Å². The molecule has 2 rings (SSSR count). The zero-order chi connectivity index (χ0) is 38.3. The maximum absolute atomic E-state index is 12.8. The first-order valence-electron chi connectivity index (χ1n) is 19.9. The molecule has 0 aliphatic carbocycles. The molecule has 2 saturated heterocycles. The van der Waals surface area contributed by atoms with Crippen molar-refractivity contribution >= 4 is 5.91 Å². The lowest BCUT2D eigenvalue weighted by Gasteiger charge is -2.46. The molecule has 306 valence electrons. The van der Waals surface area contributed by atoms with Gasteiger partial charge in [0.15, 0.2) is 12.6 Å². The van der Waals surface area contributed by atoms with Crippen LogP contribution in [0.2, 0.25) is 0 Å². The Morgan fingerprint density at radius 2 is 1.19 bits per heavy atom. The Kier molecular flexibility index (Phi) is 24.6. The molecular formula is C38H71NO13. The summed E-state index contributed by atoms with van der Waals surface area (Å²) in [5, 5.41) is 85.8. The topological polar surface area (TPSA) is 228 Å². The van der Waals surface area contributed by atoms with E-state index in [1.165, 1.54) is 57.8 Å². The number of aliphatic hydroxyl groups excluding tert-OH is 8. The zero-order valence-corrected chi connectivity index (χ0v) is 31.6. The van der Waals surface area contributed by atoms with Crippen LogP contribution in [0, 0.1) is 0 Å². The smallest absolute Gasteiger partial charge is 0.220 e. The number of hydrogen-bond donors (Lipinski definition) is 9. The van der Waals surface area contributed by atoms with Gasteiger partial charge in [0.1, 0.15) is 48.8 Å². The summed E-state index contributed by atoms with van der Waals surface area (Å²) in [7, 11) is 0. The summed E-state index contributed by atoms with van der Waals surface area (Å²) in [6, 6.07) is -0.902. The Bertz CT molecular complexity index is 941. The van der Waals surface area contributed by atoms with Crippen LogP contribution in [-0.4, -0.2) is 140 Å². The van der Waals surface area contributed by atoms with Gasteiger partial charge in [0.05, 0.1) is 32.0 Å². The van der Waals surface area contributed by atoms with E-state index in [4.69, 9.17) is 18.9 Å². The number of rotatable bonds is 28. The van der Waals surface area contributed by atoms with E-state index in [0.717, 1.165) is 44.9 Å². The van der Waals surface area contributed by atoms with Gasteiger partial charge >= 0.3 is 0 Å². The van der Waals surface area contributed by atoms with E-state index in [9.17, 15) is 45.6 Å². The summed E-state index contributed by atoms with van der Waals surface area (Å²) >= 11 is 0. The van der Waals surface area contributed by atoms with Gasteiger partial charge in [-0.1, -0.05) is 116 Å². The van der Waals surface area contributed by atoms with Crippen molar-refractivity contribution in [3.8, 4) is 0 Å². The summed E-state index contributed by atoms with van der Waals surface area (Å²) in [6.45, 7) is 2.64. The minimum Gasteiger partial charge on any atom is -0.394 e. The molecule has 14 heteroatoms. The Balaban J connectivity index is 1.93. The van der Waals surface area contributed by atoms with Gasteiger partial charge in [0, 0.05) is 6.42 Å². The summed E-state index contributed by atoms with van der Waals surface area (Å²) in [5.74, 6) is -0.255. The lowest BCUT2D eigenvalue weighted by Crippen LogP contribution is -2.65. The van der Waals surface area contributed by atoms with Gasteiger partial charge in [-0.15, -0.1) is 0 Å². The Hall–Kier alpha value is -1.27. The molecule has 0 radical (unpaired) electrons. The van der Waals surface area contributed by atoms with Crippen LogP contribution in [0.3, 0.4) is 0 Å². The highest BCUT2D eigenvalue weighted by Gasteiger charge is 2.50. The number of unbranched alkanes of at least 4 members (excludes halogenated alkanes) is 15. The van der Waals surface area contributed by atoms with Crippen LogP contribution in [-0.2, 0) is 23.7 Å². The zero-order valence-electron chi connectivity index (χ0n) is 31.6. The van der Waals surface area contributed by atoms with E-state index in [1.54, 1.807) is 6.08 Å². The number of amides is 1. The largest absolute Gasteiger partial charge is 0.394 e. The second-order valence-electron chi connectivity index (χ2n) is 14.4. The molecule has 0 aromatic rings. The molecule has 2 aliphatic heterocycles. The van der Waals surface area contributed by atoms with Crippen molar-refractivity contribution in [1.82, 2.24) is 5.32 Å². The van der Waals surface area contributed by atoms with E-state index in [0.29, 0.717) is 6.42 Å². The average Bonchev–Trinajstić information content (AvgIpc) is 3.14. The molecule has 9 N–H and O–H groups in total. The number of allylic oxidation sites excluding steroid dienone is 1. The summed E-state index contributed by atoms with van der Waals surface area (Å²) < 4.78 is 22.5. The van der Waals surface area contributed by atoms with E-state index in [-0.39, 0.29) is 18.9 Å². The second kappa shape index (κ2) is 27.3. The lowest BCUT2D eigenvalue weighted by atomic mass is 9.97. The maximum Gasteiger partial charge on any atom is 0.220 e. The SMILES string of the molecule is CCCCCCCCCCCCC/C=C/[C@@H](O)[C@H](CO[C@@H]1O[C@H](CO)[C@@H](O[C@@H]2O[C@H](CO)[C@H](O)C(O)C2O)C(O)C1O)NC(=O)CCCCCCC. The molecule has 2 heterocycles. The van der Waals surface area contributed by atoms with Crippen molar-refractivity contribution in [3.05, 3.63) is 12.2 Å². The molecule has 0 spiro atoms. The molecular weight excluding hydrogens is 678 g/mol. The van der Waals surface area contributed by atoms with Gasteiger partial charge < -0.3 is 65.1 Å². The molecule has 52 heavy (non-hydrogen) atoms. The van der Waals surface area contributed by atoms with E-state index in [1.807, 2.05) is 6.08 Å². The quantitative estimate of drug-likeness (QED) is 0.0413. The number of carbonyl (C=O) groups excluding carboxylic acids is 1. The van der Waals surface area contributed by atoms with Crippen molar-refractivity contribution in [2.24, 2.45) is 0 Å². The van der Waals surface area contributed by atoms with Crippen molar-refractivity contribution in [1.29, 1.82) is 0 Å². The molecule has 12 atom stereocenters. The van der Waals surface area contributed by atoms with Crippen LogP contribution in [0.1, 0.15) is 129 Å². The maximum atomic E-state index is 12.8. The van der Waals surface area contributed by atoms with Gasteiger partial charge in [-0.05, 0) is 19.3 Å². The number of ether oxygens (including phenoxy) is 4. The molecule has 0 saturated carbocycles. The summed E-state index contributed by atoms with van der Waals surface area (Å²) in [6.07, 6.45) is 6.08. The molecule has 0 bridgehead atoms. The Morgan fingerprint density at radius 1 is 0.673 bits per heavy atom. The van der Waals surface area contributed by atoms with Crippen LogP contribution < -0.4 is 5.32 Å². The number of carbonyl (C=O) groups is 1. The third-order valence-electron chi connectivity index (χ3n) is 9.97.